The molecule has 0 aliphatic carbocycles. The van der Waals surface area contributed by atoms with Gasteiger partial charge in [0, 0.05) is 11.4 Å². The highest BCUT2D eigenvalue weighted by atomic mass is 35.5. The van der Waals surface area contributed by atoms with E-state index in [0.717, 1.165) is 18.6 Å². The second-order valence-electron chi connectivity index (χ2n) is 5.55. The predicted molar refractivity (Wildman–Crippen MR) is 75.5 cm³/mol. The number of ether oxygens (including phenoxy) is 1. The van der Waals surface area contributed by atoms with E-state index in [-0.39, 0.29) is 5.41 Å². The minimum atomic E-state index is 0.104. The van der Waals surface area contributed by atoms with Gasteiger partial charge < -0.3 is 4.74 Å². The van der Waals surface area contributed by atoms with Gasteiger partial charge in [0.05, 0.1) is 7.11 Å². The van der Waals surface area contributed by atoms with Gasteiger partial charge in [-0.15, -0.1) is 11.6 Å². The van der Waals surface area contributed by atoms with E-state index >= 15 is 0 Å². The lowest BCUT2D eigenvalue weighted by Crippen LogP contribution is -2.14. The van der Waals surface area contributed by atoms with Crippen LogP contribution in [0.15, 0.2) is 12.1 Å². The molecule has 0 unspecified atom stereocenters. The van der Waals surface area contributed by atoms with Gasteiger partial charge >= 0.3 is 0 Å². The summed E-state index contributed by atoms with van der Waals surface area (Å²) in [6.45, 7) is 8.79. The third kappa shape index (κ3) is 3.64. The number of hydrogen-bond acceptors (Lipinski definition) is 1. The molecule has 17 heavy (non-hydrogen) atoms. The van der Waals surface area contributed by atoms with Gasteiger partial charge in [-0.05, 0) is 30.7 Å². The summed E-state index contributed by atoms with van der Waals surface area (Å²) in [5, 5.41) is 0. The number of aryl methyl sites for hydroxylation is 2. The van der Waals surface area contributed by atoms with Gasteiger partial charge in [0.2, 0.25) is 0 Å². The largest absolute Gasteiger partial charge is 0.496 e. The molecular formula is C15H23ClO. The third-order valence-electron chi connectivity index (χ3n) is 2.90. The van der Waals surface area contributed by atoms with Gasteiger partial charge in [-0.3, -0.25) is 0 Å². The van der Waals surface area contributed by atoms with E-state index in [9.17, 15) is 0 Å². The molecule has 0 saturated carbocycles. The van der Waals surface area contributed by atoms with Crippen LogP contribution in [0.5, 0.6) is 5.75 Å². The van der Waals surface area contributed by atoms with Gasteiger partial charge in [0.15, 0.2) is 0 Å². The smallest absolute Gasteiger partial charge is 0.125 e. The Hall–Kier alpha value is -0.690. The topological polar surface area (TPSA) is 9.23 Å². The van der Waals surface area contributed by atoms with E-state index in [1.54, 1.807) is 7.11 Å². The number of hydrogen-bond donors (Lipinski definition) is 0. The lowest BCUT2D eigenvalue weighted by atomic mass is 9.83. The van der Waals surface area contributed by atoms with Crippen LogP contribution in [0.4, 0.5) is 0 Å². The molecule has 0 amide bonds. The van der Waals surface area contributed by atoms with Gasteiger partial charge in [0.1, 0.15) is 5.75 Å². The maximum Gasteiger partial charge on any atom is 0.125 e. The van der Waals surface area contributed by atoms with E-state index in [0.29, 0.717) is 5.88 Å². The molecule has 0 bridgehead atoms. The standard InChI is InChI=1S/C15H23ClO/c1-11-9-12(7-6-8-16)14(17-5)13(10-11)15(2,3)4/h9-10H,6-8H2,1-5H3. The fourth-order valence-corrected chi connectivity index (χ4v) is 2.22. The van der Waals surface area contributed by atoms with E-state index in [1.165, 1.54) is 16.7 Å². The van der Waals surface area contributed by atoms with Crippen molar-refractivity contribution in [2.24, 2.45) is 0 Å². The molecule has 0 atom stereocenters. The lowest BCUT2D eigenvalue weighted by Gasteiger charge is -2.25. The Bertz CT molecular complexity index is 377. The first-order valence-electron chi connectivity index (χ1n) is 6.14. The summed E-state index contributed by atoms with van der Waals surface area (Å²) in [6, 6.07) is 4.43. The van der Waals surface area contributed by atoms with Crippen molar-refractivity contribution in [3.05, 3.63) is 28.8 Å². The zero-order valence-corrected chi connectivity index (χ0v) is 12.3. The predicted octanol–water partition coefficient (Wildman–Crippen LogP) is 4.47. The Kier molecular flexibility index (Phi) is 4.88. The highest BCUT2D eigenvalue weighted by molar-refractivity contribution is 6.17. The minimum Gasteiger partial charge on any atom is -0.496 e. The normalized spacial score (nSPS) is 11.6. The Labute approximate surface area is 110 Å². The second-order valence-corrected chi connectivity index (χ2v) is 5.93. The molecule has 1 nitrogen and oxygen atoms in total. The number of methoxy groups -OCH3 is 1. The number of benzene rings is 1. The quantitative estimate of drug-likeness (QED) is 0.721. The number of halogens is 1. The molecule has 0 N–H and O–H groups in total. The average Bonchev–Trinajstić information content (AvgIpc) is 2.24. The van der Waals surface area contributed by atoms with Gasteiger partial charge in [0.25, 0.3) is 0 Å². The molecule has 0 aliphatic rings. The highest BCUT2D eigenvalue weighted by Gasteiger charge is 2.21. The SMILES string of the molecule is COc1c(CCCCl)cc(C)cc1C(C)(C)C. The average molecular weight is 255 g/mol. The molecule has 0 fully saturated rings. The Morgan fingerprint density at radius 2 is 1.88 bits per heavy atom. The van der Waals surface area contributed by atoms with Crippen LogP contribution in [0.2, 0.25) is 0 Å². The molecule has 1 aromatic carbocycles. The molecule has 0 saturated heterocycles. The van der Waals surface area contributed by atoms with Crippen LogP contribution in [-0.2, 0) is 11.8 Å². The second kappa shape index (κ2) is 5.77. The van der Waals surface area contributed by atoms with Gasteiger partial charge in [-0.25, -0.2) is 0 Å². The first-order valence-corrected chi connectivity index (χ1v) is 6.67. The van der Waals surface area contributed by atoms with Crippen LogP contribution in [0.25, 0.3) is 0 Å². The van der Waals surface area contributed by atoms with Crippen molar-refractivity contribution in [1.82, 2.24) is 0 Å². The number of rotatable bonds is 4. The van der Waals surface area contributed by atoms with Crippen LogP contribution in [0.1, 0.15) is 43.9 Å². The first kappa shape index (κ1) is 14.4. The number of alkyl halides is 1. The fraction of sp³-hybridized carbons (Fsp3) is 0.600. The molecule has 0 aliphatic heterocycles. The fourth-order valence-electron chi connectivity index (χ4n) is 2.09. The summed E-state index contributed by atoms with van der Waals surface area (Å²) in [5.41, 5.74) is 3.95. The van der Waals surface area contributed by atoms with E-state index < -0.39 is 0 Å². The summed E-state index contributed by atoms with van der Waals surface area (Å²) in [4.78, 5) is 0. The first-order chi connectivity index (χ1) is 7.90. The van der Waals surface area contributed by atoms with Crippen molar-refractivity contribution < 1.29 is 4.74 Å². The Balaban J connectivity index is 3.25. The van der Waals surface area contributed by atoms with Crippen LogP contribution in [-0.4, -0.2) is 13.0 Å². The Morgan fingerprint density at radius 1 is 1.24 bits per heavy atom. The van der Waals surface area contributed by atoms with Crippen LogP contribution in [0, 0.1) is 6.92 Å². The van der Waals surface area contributed by atoms with Crippen molar-refractivity contribution in [3.8, 4) is 5.75 Å². The van der Waals surface area contributed by atoms with Crippen LogP contribution >= 0.6 is 11.6 Å². The van der Waals surface area contributed by atoms with Crippen molar-refractivity contribution >= 4 is 11.6 Å². The summed E-state index contributed by atoms with van der Waals surface area (Å²) >= 11 is 5.78. The zero-order chi connectivity index (χ0) is 13.1. The highest BCUT2D eigenvalue weighted by Crippen LogP contribution is 2.35. The molecule has 0 aromatic heterocycles. The van der Waals surface area contributed by atoms with Crippen molar-refractivity contribution in [3.63, 3.8) is 0 Å². The molecule has 96 valence electrons. The molecule has 1 rings (SSSR count). The van der Waals surface area contributed by atoms with Crippen molar-refractivity contribution in [1.29, 1.82) is 0 Å². The Morgan fingerprint density at radius 3 is 2.35 bits per heavy atom. The van der Waals surface area contributed by atoms with Crippen LogP contribution < -0.4 is 4.74 Å². The lowest BCUT2D eigenvalue weighted by molar-refractivity contribution is 0.392. The molecule has 2 heteroatoms. The summed E-state index contributed by atoms with van der Waals surface area (Å²) in [6.07, 6.45) is 1.97. The minimum absolute atomic E-state index is 0.104. The maximum absolute atomic E-state index is 5.78. The van der Waals surface area contributed by atoms with Crippen molar-refractivity contribution in [2.45, 2.75) is 46.0 Å². The summed E-state index contributed by atoms with van der Waals surface area (Å²) in [5.74, 6) is 1.73. The molecule has 0 radical (unpaired) electrons. The van der Waals surface area contributed by atoms with E-state index in [2.05, 4.69) is 39.8 Å². The maximum atomic E-state index is 5.78. The monoisotopic (exact) mass is 254 g/mol. The zero-order valence-electron chi connectivity index (χ0n) is 11.6. The molecule has 1 aromatic rings. The van der Waals surface area contributed by atoms with E-state index in [4.69, 9.17) is 16.3 Å². The van der Waals surface area contributed by atoms with Gasteiger partial charge in [-0.2, -0.15) is 0 Å². The van der Waals surface area contributed by atoms with Gasteiger partial charge in [-0.1, -0.05) is 38.5 Å². The van der Waals surface area contributed by atoms with E-state index in [1.807, 2.05) is 0 Å². The molecular weight excluding hydrogens is 232 g/mol. The summed E-state index contributed by atoms with van der Waals surface area (Å²) < 4.78 is 5.61. The van der Waals surface area contributed by atoms with Crippen molar-refractivity contribution in [2.75, 3.05) is 13.0 Å². The third-order valence-corrected chi connectivity index (χ3v) is 3.17. The van der Waals surface area contributed by atoms with Crippen LogP contribution in [0.3, 0.4) is 0 Å². The molecule has 0 spiro atoms. The summed E-state index contributed by atoms with van der Waals surface area (Å²) in [7, 11) is 1.75. The molecule has 0 heterocycles.